The lowest BCUT2D eigenvalue weighted by Gasteiger charge is -2.21. The maximum atomic E-state index is 12.3. The molecule has 130 valence electrons. The van der Waals surface area contributed by atoms with E-state index in [1.54, 1.807) is 42.5 Å². The van der Waals surface area contributed by atoms with Gasteiger partial charge in [-0.1, -0.05) is 42.5 Å². The van der Waals surface area contributed by atoms with Gasteiger partial charge in [0.05, 0.1) is 11.5 Å². The fraction of sp³-hybridized carbons (Fsp3) is 0.176. The number of nitrogens with two attached hydrogens (primary N) is 1. The summed E-state index contributed by atoms with van der Waals surface area (Å²) in [6.45, 7) is 0. The summed E-state index contributed by atoms with van der Waals surface area (Å²) in [5.41, 5.74) is 7.11. The van der Waals surface area contributed by atoms with Gasteiger partial charge in [-0.2, -0.15) is 0 Å². The summed E-state index contributed by atoms with van der Waals surface area (Å²) in [4.78, 5) is 23.3. The third-order valence-electron chi connectivity index (χ3n) is 3.76. The van der Waals surface area contributed by atoms with Gasteiger partial charge >= 0.3 is 13.1 Å². The van der Waals surface area contributed by atoms with Crippen molar-refractivity contribution in [2.75, 3.05) is 0 Å². The molecule has 0 radical (unpaired) electrons. The van der Waals surface area contributed by atoms with Gasteiger partial charge in [0.15, 0.2) is 0 Å². The number of carbonyl (C=O) groups excluding carboxylic acids is 1. The van der Waals surface area contributed by atoms with Crippen LogP contribution in [0.5, 0.6) is 0 Å². The molecule has 25 heavy (non-hydrogen) atoms. The molecule has 0 fully saturated rings. The minimum Gasteiger partial charge on any atom is -0.478 e. The quantitative estimate of drug-likeness (QED) is 0.454. The van der Waals surface area contributed by atoms with Crippen LogP contribution in [0.2, 0.25) is 0 Å². The molecule has 0 bridgehead atoms. The predicted octanol–water partition coefficient (Wildman–Crippen LogP) is 0.124. The van der Waals surface area contributed by atoms with Crippen LogP contribution in [0.25, 0.3) is 0 Å². The van der Waals surface area contributed by atoms with Gasteiger partial charge in [-0.15, -0.1) is 0 Å². The van der Waals surface area contributed by atoms with Gasteiger partial charge < -0.3 is 26.2 Å². The minimum absolute atomic E-state index is 0.0477. The number of hydrogen-bond acceptors (Lipinski definition) is 5. The predicted molar refractivity (Wildman–Crippen MR) is 92.6 cm³/mol. The first-order valence-electron chi connectivity index (χ1n) is 7.67. The molecule has 0 aliphatic carbocycles. The maximum absolute atomic E-state index is 12.3. The van der Waals surface area contributed by atoms with Crippen molar-refractivity contribution in [3.05, 3.63) is 71.3 Å². The number of hydrogen-bond donors (Lipinski definition) is 5. The largest absolute Gasteiger partial charge is 0.478 e. The Hall–Kier alpha value is -2.68. The van der Waals surface area contributed by atoms with E-state index in [0.717, 1.165) is 0 Å². The number of nitrogens with one attached hydrogen (secondary N) is 1. The van der Waals surface area contributed by atoms with Crippen molar-refractivity contribution in [1.29, 1.82) is 0 Å². The highest BCUT2D eigenvalue weighted by Crippen LogP contribution is 2.12. The number of carboxylic acids is 1. The summed E-state index contributed by atoms with van der Waals surface area (Å²) < 4.78 is 0. The van der Waals surface area contributed by atoms with Crippen LogP contribution in [-0.4, -0.2) is 40.1 Å². The Balaban J connectivity index is 2.09. The van der Waals surface area contributed by atoms with Crippen molar-refractivity contribution in [3.8, 4) is 0 Å². The molecule has 0 heterocycles. The molecule has 0 aliphatic heterocycles. The molecule has 2 aromatic rings. The summed E-state index contributed by atoms with van der Waals surface area (Å²) in [5.74, 6) is -2.66. The second-order valence-electron chi connectivity index (χ2n) is 5.63. The van der Waals surface area contributed by atoms with E-state index in [4.69, 9.17) is 10.8 Å². The number of benzene rings is 2. The molecule has 0 saturated carbocycles. The van der Waals surface area contributed by atoms with Crippen molar-refractivity contribution in [2.45, 2.75) is 18.4 Å². The van der Waals surface area contributed by atoms with E-state index in [9.17, 15) is 19.6 Å². The Morgan fingerprint density at radius 2 is 1.76 bits per heavy atom. The summed E-state index contributed by atoms with van der Waals surface area (Å²) in [7, 11) is -1.82. The van der Waals surface area contributed by atoms with E-state index >= 15 is 0 Å². The first kappa shape index (κ1) is 18.7. The zero-order valence-corrected chi connectivity index (χ0v) is 13.4. The van der Waals surface area contributed by atoms with E-state index in [-0.39, 0.29) is 12.0 Å². The average molecular weight is 342 g/mol. The molecular formula is C17H19BN2O5. The zero-order valence-electron chi connectivity index (χ0n) is 13.4. The first-order valence-corrected chi connectivity index (χ1v) is 7.67. The summed E-state index contributed by atoms with van der Waals surface area (Å²) in [6, 6.07) is 13.8. The van der Waals surface area contributed by atoms with Gasteiger partial charge in [0.2, 0.25) is 5.91 Å². The molecule has 6 N–H and O–H groups in total. The van der Waals surface area contributed by atoms with Crippen LogP contribution in [-0.2, 0) is 11.2 Å². The van der Waals surface area contributed by atoms with E-state index in [1.807, 2.05) is 0 Å². The Labute approximate surface area is 145 Å². The van der Waals surface area contributed by atoms with E-state index in [2.05, 4.69) is 5.32 Å². The first-order chi connectivity index (χ1) is 11.9. The molecule has 2 aromatic carbocycles. The van der Waals surface area contributed by atoms with Crippen LogP contribution in [0.1, 0.15) is 27.5 Å². The van der Waals surface area contributed by atoms with Crippen molar-refractivity contribution in [1.82, 2.24) is 5.32 Å². The maximum Gasteiger partial charge on any atom is 0.475 e. The van der Waals surface area contributed by atoms with Crippen LogP contribution in [0.15, 0.2) is 54.6 Å². The van der Waals surface area contributed by atoms with E-state index in [0.29, 0.717) is 11.1 Å². The molecule has 0 aliphatic rings. The second kappa shape index (κ2) is 8.43. The van der Waals surface area contributed by atoms with Crippen molar-refractivity contribution < 1.29 is 24.7 Å². The monoisotopic (exact) mass is 342 g/mol. The molecule has 2 rings (SSSR count). The molecule has 8 heteroatoms. The second-order valence-corrected chi connectivity index (χ2v) is 5.63. The van der Waals surface area contributed by atoms with Gasteiger partial charge in [-0.25, -0.2) is 4.79 Å². The normalized spacial score (nSPS) is 12.9. The zero-order chi connectivity index (χ0) is 18.4. The van der Waals surface area contributed by atoms with Crippen LogP contribution in [0, 0.1) is 0 Å². The highest BCUT2D eigenvalue weighted by molar-refractivity contribution is 6.43. The van der Waals surface area contributed by atoms with Gasteiger partial charge in [0.25, 0.3) is 0 Å². The lowest BCUT2D eigenvalue weighted by atomic mass is 9.75. The number of carboxylic acid groups (broad SMARTS) is 1. The molecule has 0 unspecified atom stereocenters. The van der Waals surface area contributed by atoms with Crippen LogP contribution < -0.4 is 11.1 Å². The highest BCUT2D eigenvalue weighted by Gasteiger charge is 2.28. The lowest BCUT2D eigenvalue weighted by Crippen LogP contribution is -2.50. The summed E-state index contributed by atoms with van der Waals surface area (Å²) in [6.07, 6.45) is 0.0477. The third kappa shape index (κ3) is 5.15. The van der Waals surface area contributed by atoms with Gasteiger partial charge in [-0.3, -0.25) is 4.79 Å². The molecule has 0 saturated heterocycles. The molecule has 7 nitrogen and oxygen atoms in total. The van der Waals surface area contributed by atoms with Crippen molar-refractivity contribution in [2.24, 2.45) is 5.73 Å². The molecule has 1 amide bonds. The lowest BCUT2D eigenvalue weighted by molar-refractivity contribution is -0.122. The topological polar surface area (TPSA) is 133 Å². The molecule has 0 spiro atoms. The average Bonchev–Trinajstić information content (AvgIpc) is 2.61. The van der Waals surface area contributed by atoms with Gasteiger partial charge in [0, 0.05) is 0 Å². The van der Waals surface area contributed by atoms with Crippen LogP contribution in [0.3, 0.4) is 0 Å². The van der Waals surface area contributed by atoms with Gasteiger partial charge in [-0.05, 0) is 29.7 Å². The summed E-state index contributed by atoms with van der Waals surface area (Å²) in [5, 5.41) is 30.6. The fourth-order valence-corrected chi connectivity index (χ4v) is 2.40. The molecule has 0 aromatic heterocycles. The number of carbonyl (C=O) groups is 2. The third-order valence-corrected chi connectivity index (χ3v) is 3.76. The van der Waals surface area contributed by atoms with Gasteiger partial charge in [0.1, 0.15) is 6.04 Å². The Morgan fingerprint density at radius 1 is 1.08 bits per heavy atom. The SMILES string of the molecule is N[C@H](C(=O)N[C@@H](Cc1cccc(C(=O)O)c1)B(O)O)c1ccccc1. The van der Waals surface area contributed by atoms with E-state index in [1.165, 1.54) is 12.1 Å². The molecular weight excluding hydrogens is 323 g/mol. The smallest absolute Gasteiger partial charge is 0.475 e. The van der Waals surface area contributed by atoms with E-state index < -0.39 is 31.0 Å². The van der Waals surface area contributed by atoms with Crippen molar-refractivity contribution >= 4 is 19.0 Å². The standard InChI is InChI=1S/C17H19BN2O5/c19-15(12-6-2-1-3-7-12)16(21)20-14(18(24)25)10-11-5-4-8-13(9-11)17(22)23/h1-9,14-15,24-25H,10,19H2,(H,20,21)(H,22,23)/t14-,15-/m0/s1. The van der Waals surface area contributed by atoms with Crippen molar-refractivity contribution in [3.63, 3.8) is 0 Å². The van der Waals surface area contributed by atoms with Crippen LogP contribution >= 0.6 is 0 Å². The fourth-order valence-electron chi connectivity index (χ4n) is 2.40. The number of aromatic carboxylic acids is 1. The highest BCUT2D eigenvalue weighted by atomic mass is 16.4. The Bertz CT molecular complexity index is 739. The Morgan fingerprint density at radius 3 is 2.36 bits per heavy atom. The minimum atomic E-state index is -1.82. The summed E-state index contributed by atoms with van der Waals surface area (Å²) >= 11 is 0. The number of amides is 1. The Kier molecular flexibility index (Phi) is 6.29. The number of rotatable bonds is 7. The van der Waals surface area contributed by atoms with Crippen LogP contribution in [0.4, 0.5) is 0 Å². The molecule has 2 atom stereocenters.